The summed E-state index contributed by atoms with van der Waals surface area (Å²) >= 11 is 1.62. The molecule has 31 heavy (non-hydrogen) atoms. The van der Waals surface area contributed by atoms with Crippen LogP contribution in [0.3, 0.4) is 0 Å². The number of fused-ring (bicyclic) bond motifs is 3. The van der Waals surface area contributed by atoms with Crippen molar-refractivity contribution < 1.29 is 9.59 Å². The first kappa shape index (κ1) is 20.2. The first-order chi connectivity index (χ1) is 15.0. The fourth-order valence-electron chi connectivity index (χ4n) is 5.05. The molecule has 2 aliphatic rings. The number of pyridine rings is 1. The van der Waals surface area contributed by atoms with Gasteiger partial charge in [0.15, 0.2) is 0 Å². The number of nitrogens with zero attached hydrogens (tertiary/aromatic N) is 3. The molecular formula is C24H28N4O2S. The number of thiophene rings is 1. The van der Waals surface area contributed by atoms with Crippen LogP contribution in [0.4, 0.5) is 0 Å². The molecule has 0 bridgehead atoms. The summed E-state index contributed by atoms with van der Waals surface area (Å²) in [4.78, 5) is 33.4. The number of amides is 2. The van der Waals surface area contributed by atoms with Crippen LogP contribution < -0.4 is 5.32 Å². The predicted molar refractivity (Wildman–Crippen MR) is 122 cm³/mol. The lowest BCUT2D eigenvalue weighted by Crippen LogP contribution is -2.65. The monoisotopic (exact) mass is 436 g/mol. The van der Waals surface area contributed by atoms with Gasteiger partial charge in [0.1, 0.15) is 11.2 Å². The van der Waals surface area contributed by atoms with Gasteiger partial charge in [0.25, 0.3) is 5.91 Å². The molecule has 3 aromatic heterocycles. The van der Waals surface area contributed by atoms with Crippen LogP contribution in [0.1, 0.15) is 55.6 Å². The van der Waals surface area contributed by atoms with Gasteiger partial charge in [-0.15, -0.1) is 11.3 Å². The van der Waals surface area contributed by atoms with Gasteiger partial charge in [0, 0.05) is 25.0 Å². The van der Waals surface area contributed by atoms with E-state index in [0.29, 0.717) is 24.7 Å². The summed E-state index contributed by atoms with van der Waals surface area (Å²) in [7, 11) is 0. The topological polar surface area (TPSA) is 67.2 Å². The molecule has 0 unspecified atom stereocenters. The van der Waals surface area contributed by atoms with Crippen LogP contribution in [-0.4, -0.2) is 37.8 Å². The lowest BCUT2D eigenvalue weighted by Gasteiger charge is -2.45. The summed E-state index contributed by atoms with van der Waals surface area (Å²) in [6, 6.07) is 7.98. The lowest BCUT2D eigenvalue weighted by atomic mass is 9.85. The molecule has 3 aromatic rings. The van der Waals surface area contributed by atoms with Crippen LogP contribution in [0.5, 0.6) is 0 Å². The fourth-order valence-corrected chi connectivity index (χ4v) is 5.87. The van der Waals surface area contributed by atoms with Crippen molar-refractivity contribution in [3.63, 3.8) is 0 Å². The fraction of sp³-hybridized carbons (Fsp3) is 0.458. The Balaban J connectivity index is 1.53. The van der Waals surface area contributed by atoms with Gasteiger partial charge in [-0.25, -0.2) is 0 Å². The third kappa shape index (κ3) is 3.45. The van der Waals surface area contributed by atoms with Crippen molar-refractivity contribution in [2.75, 3.05) is 0 Å². The van der Waals surface area contributed by atoms with E-state index in [1.807, 2.05) is 41.1 Å². The van der Waals surface area contributed by atoms with E-state index in [4.69, 9.17) is 0 Å². The molecule has 3 atom stereocenters. The highest BCUT2D eigenvalue weighted by Crippen LogP contribution is 2.35. The third-order valence-electron chi connectivity index (χ3n) is 7.03. The molecule has 1 N–H and O–H groups in total. The van der Waals surface area contributed by atoms with Crippen LogP contribution >= 0.6 is 11.3 Å². The number of carbonyl (C=O) groups excluding carboxylic acids is 2. The zero-order chi connectivity index (χ0) is 21.6. The molecule has 2 amide bonds. The molecule has 0 radical (unpaired) electrons. The molecule has 0 aromatic carbocycles. The van der Waals surface area contributed by atoms with Crippen LogP contribution in [0.25, 0.3) is 10.2 Å². The molecule has 6 nitrogen and oxygen atoms in total. The molecule has 1 aliphatic carbocycles. The van der Waals surface area contributed by atoms with E-state index >= 15 is 0 Å². The summed E-state index contributed by atoms with van der Waals surface area (Å²) in [6.45, 7) is 4.92. The maximum Gasteiger partial charge on any atom is 0.271 e. The lowest BCUT2D eigenvalue weighted by molar-refractivity contribution is -0.134. The molecule has 4 heterocycles. The Labute approximate surface area is 186 Å². The number of nitrogens with one attached hydrogen (secondary N) is 1. The van der Waals surface area contributed by atoms with E-state index < -0.39 is 5.54 Å². The highest BCUT2D eigenvalue weighted by atomic mass is 32.1. The molecular weight excluding hydrogens is 408 g/mol. The van der Waals surface area contributed by atoms with Gasteiger partial charge in [-0.3, -0.25) is 14.6 Å². The largest absolute Gasteiger partial charge is 0.351 e. The first-order valence-corrected chi connectivity index (χ1v) is 11.9. The highest BCUT2D eigenvalue weighted by Gasteiger charge is 2.48. The van der Waals surface area contributed by atoms with Crippen molar-refractivity contribution in [1.82, 2.24) is 19.8 Å². The van der Waals surface area contributed by atoms with E-state index in [0.717, 1.165) is 35.0 Å². The Hall–Kier alpha value is -2.67. The van der Waals surface area contributed by atoms with Crippen LogP contribution in [-0.2, 0) is 17.9 Å². The molecule has 0 saturated heterocycles. The molecule has 1 fully saturated rings. The van der Waals surface area contributed by atoms with Crippen molar-refractivity contribution in [3.05, 3.63) is 53.3 Å². The highest BCUT2D eigenvalue weighted by molar-refractivity contribution is 7.17. The van der Waals surface area contributed by atoms with Crippen molar-refractivity contribution in [2.45, 2.75) is 64.2 Å². The molecule has 1 aliphatic heterocycles. The minimum Gasteiger partial charge on any atom is -0.351 e. The summed E-state index contributed by atoms with van der Waals surface area (Å²) in [5.74, 6) is 0.289. The summed E-state index contributed by atoms with van der Waals surface area (Å²) in [5, 5.41) is 5.35. The number of hydrogen-bond donors (Lipinski definition) is 1. The van der Waals surface area contributed by atoms with Crippen LogP contribution in [0.2, 0.25) is 0 Å². The minimum atomic E-state index is -0.981. The summed E-state index contributed by atoms with van der Waals surface area (Å²) < 4.78 is 3.10. The van der Waals surface area contributed by atoms with E-state index in [-0.39, 0.29) is 17.9 Å². The van der Waals surface area contributed by atoms with Gasteiger partial charge in [-0.05, 0) is 54.8 Å². The van der Waals surface area contributed by atoms with Crippen molar-refractivity contribution in [2.24, 2.45) is 5.92 Å². The molecule has 7 heteroatoms. The predicted octanol–water partition coefficient (Wildman–Crippen LogP) is 4.21. The Morgan fingerprint density at radius 3 is 2.94 bits per heavy atom. The SMILES string of the molecule is C[C@@H]1CCCC[C@H]1NC(=O)[C@@]1(C)Cn2c(cc3sccc32)C(=O)N1Cc1cccnc1. The van der Waals surface area contributed by atoms with Crippen LogP contribution in [0.15, 0.2) is 42.0 Å². The summed E-state index contributed by atoms with van der Waals surface area (Å²) in [6.07, 6.45) is 7.99. The average molecular weight is 437 g/mol. The van der Waals surface area contributed by atoms with E-state index in [9.17, 15) is 9.59 Å². The summed E-state index contributed by atoms with van der Waals surface area (Å²) in [5.41, 5.74) is 1.62. The first-order valence-electron chi connectivity index (χ1n) is 11.1. The molecule has 5 rings (SSSR count). The van der Waals surface area contributed by atoms with E-state index in [2.05, 4.69) is 17.2 Å². The van der Waals surface area contributed by atoms with Crippen molar-refractivity contribution in [3.8, 4) is 0 Å². The number of rotatable bonds is 4. The Bertz CT molecular complexity index is 1120. The number of carbonyl (C=O) groups is 2. The zero-order valence-electron chi connectivity index (χ0n) is 18.0. The molecule has 162 valence electrons. The number of aromatic nitrogens is 2. The smallest absolute Gasteiger partial charge is 0.271 e. The zero-order valence-corrected chi connectivity index (χ0v) is 18.8. The minimum absolute atomic E-state index is 0.0637. The van der Waals surface area contributed by atoms with Gasteiger partial charge >= 0.3 is 0 Å². The third-order valence-corrected chi connectivity index (χ3v) is 7.88. The normalized spacial score (nSPS) is 26.1. The quantitative estimate of drug-likeness (QED) is 0.666. The van der Waals surface area contributed by atoms with Gasteiger partial charge < -0.3 is 14.8 Å². The number of hydrogen-bond acceptors (Lipinski definition) is 4. The average Bonchev–Trinajstić information content (AvgIpc) is 3.36. The van der Waals surface area contributed by atoms with Gasteiger partial charge in [0.05, 0.1) is 16.8 Å². The maximum absolute atomic E-state index is 13.8. The molecule has 0 spiro atoms. The van der Waals surface area contributed by atoms with Crippen molar-refractivity contribution in [1.29, 1.82) is 0 Å². The second-order valence-corrected chi connectivity index (χ2v) is 10.1. The standard InChI is InChI=1S/C24H28N4O2S/c1-16-6-3-4-8-18(16)26-23(30)24(2)15-27-19-9-11-31-21(19)12-20(27)22(29)28(24)14-17-7-5-10-25-13-17/h5,7,9-13,16,18H,3-4,6,8,14-15H2,1-2H3,(H,26,30)/t16-,18-,24-/m1/s1. The Morgan fingerprint density at radius 2 is 2.16 bits per heavy atom. The Morgan fingerprint density at radius 1 is 1.32 bits per heavy atom. The van der Waals surface area contributed by atoms with Gasteiger partial charge in [0.2, 0.25) is 5.91 Å². The Kier molecular flexibility index (Phi) is 5.08. The van der Waals surface area contributed by atoms with Gasteiger partial charge in [-0.1, -0.05) is 25.8 Å². The second-order valence-electron chi connectivity index (χ2n) is 9.15. The van der Waals surface area contributed by atoms with Crippen LogP contribution in [0, 0.1) is 5.92 Å². The molecule has 1 saturated carbocycles. The second kappa shape index (κ2) is 7.79. The van der Waals surface area contributed by atoms with E-state index in [1.165, 1.54) is 6.42 Å². The maximum atomic E-state index is 13.8. The van der Waals surface area contributed by atoms with E-state index in [1.54, 1.807) is 28.6 Å². The van der Waals surface area contributed by atoms with Crippen molar-refractivity contribution >= 4 is 33.4 Å². The van der Waals surface area contributed by atoms with Gasteiger partial charge in [-0.2, -0.15) is 0 Å².